The molecular formula is C14H15ClN2O2S2. The number of thiophene rings is 1. The van der Waals surface area contributed by atoms with Gasteiger partial charge in [-0.05, 0) is 13.0 Å². The number of aryl methyl sites for hydroxylation is 1. The van der Waals surface area contributed by atoms with E-state index in [0.29, 0.717) is 5.56 Å². The van der Waals surface area contributed by atoms with Crippen molar-refractivity contribution < 1.29 is 9.53 Å². The van der Waals surface area contributed by atoms with Crippen molar-refractivity contribution in [2.75, 3.05) is 37.1 Å². The molecule has 0 radical (unpaired) electrons. The van der Waals surface area contributed by atoms with Crippen molar-refractivity contribution in [3.63, 3.8) is 0 Å². The lowest BCUT2D eigenvalue weighted by Crippen LogP contribution is -2.36. The summed E-state index contributed by atoms with van der Waals surface area (Å²) < 4.78 is 5.36. The number of ether oxygens (including phenoxy) is 1. The lowest BCUT2D eigenvalue weighted by atomic mass is 10.2. The van der Waals surface area contributed by atoms with Gasteiger partial charge in [0.1, 0.15) is 0 Å². The van der Waals surface area contributed by atoms with Gasteiger partial charge in [0.05, 0.1) is 29.7 Å². The van der Waals surface area contributed by atoms with E-state index >= 15 is 0 Å². The second-order valence-electron chi connectivity index (χ2n) is 4.75. The third kappa shape index (κ3) is 3.13. The number of anilines is 1. The van der Waals surface area contributed by atoms with Crippen LogP contribution in [0.5, 0.6) is 0 Å². The van der Waals surface area contributed by atoms with Gasteiger partial charge in [-0.25, -0.2) is 4.98 Å². The van der Waals surface area contributed by atoms with Crippen LogP contribution >= 0.6 is 34.3 Å². The largest absolute Gasteiger partial charge is 0.378 e. The Morgan fingerprint density at radius 1 is 1.48 bits per heavy atom. The van der Waals surface area contributed by atoms with Gasteiger partial charge in [-0.2, -0.15) is 0 Å². The topological polar surface area (TPSA) is 42.4 Å². The van der Waals surface area contributed by atoms with Crippen LogP contribution in [0.3, 0.4) is 0 Å². The van der Waals surface area contributed by atoms with Crippen LogP contribution in [0.15, 0.2) is 11.4 Å². The van der Waals surface area contributed by atoms with E-state index in [1.54, 1.807) is 22.7 Å². The zero-order valence-corrected chi connectivity index (χ0v) is 14.0. The van der Waals surface area contributed by atoms with Gasteiger partial charge < -0.3 is 9.64 Å². The molecule has 0 atom stereocenters. The number of carbonyl (C=O) groups is 1. The quantitative estimate of drug-likeness (QED) is 0.630. The number of nitrogens with zero attached hydrogens (tertiary/aromatic N) is 2. The highest BCUT2D eigenvalue weighted by Crippen LogP contribution is 2.34. The number of rotatable bonds is 4. The van der Waals surface area contributed by atoms with Crippen molar-refractivity contribution in [3.8, 4) is 10.6 Å². The third-order valence-corrected chi connectivity index (χ3v) is 5.58. The number of hydrogen-bond acceptors (Lipinski definition) is 6. The molecule has 1 aliphatic rings. The van der Waals surface area contributed by atoms with E-state index < -0.39 is 0 Å². The summed E-state index contributed by atoms with van der Waals surface area (Å²) in [7, 11) is 0. The number of aromatic nitrogens is 1. The maximum Gasteiger partial charge on any atom is 0.186 e. The predicted molar refractivity (Wildman–Crippen MR) is 88.2 cm³/mol. The van der Waals surface area contributed by atoms with Crippen LogP contribution in [0.4, 0.5) is 5.13 Å². The highest BCUT2D eigenvalue weighted by Gasteiger charge is 2.18. The molecule has 3 heterocycles. The molecule has 0 bridgehead atoms. The molecule has 1 fully saturated rings. The van der Waals surface area contributed by atoms with Crippen molar-refractivity contribution in [1.82, 2.24) is 4.98 Å². The summed E-state index contributed by atoms with van der Waals surface area (Å²) in [6.45, 7) is 5.21. The van der Waals surface area contributed by atoms with Crippen molar-refractivity contribution in [2.24, 2.45) is 0 Å². The van der Waals surface area contributed by atoms with Crippen LogP contribution < -0.4 is 4.90 Å². The van der Waals surface area contributed by atoms with Crippen molar-refractivity contribution in [2.45, 2.75) is 6.92 Å². The Labute approximate surface area is 136 Å². The molecule has 1 aliphatic heterocycles. The summed E-state index contributed by atoms with van der Waals surface area (Å²) in [5.74, 6) is -0.00656. The lowest BCUT2D eigenvalue weighted by Gasteiger charge is -2.25. The first-order valence-corrected chi connectivity index (χ1v) is 8.90. The first-order valence-electron chi connectivity index (χ1n) is 6.67. The van der Waals surface area contributed by atoms with Gasteiger partial charge in [-0.1, -0.05) is 0 Å². The predicted octanol–water partition coefficient (Wildman–Crippen LogP) is 3.44. The molecule has 7 heteroatoms. The molecule has 3 rings (SSSR count). The highest BCUT2D eigenvalue weighted by atomic mass is 35.5. The first-order chi connectivity index (χ1) is 10.2. The molecule has 21 heavy (non-hydrogen) atoms. The minimum Gasteiger partial charge on any atom is -0.378 e. The second-order valence-corrected chi connectivity index (χ2v) is 7.11. The number of alkyl halides is 1. The van der Waals surface area contributed by atoms with Crippen LogP contribution in [0.2, 0.25) is 0 Å². The molecule has 0 aromatic carbocycles. The molecule has 2 aromatic rings. The van der Waals surface area contributed by atoms with Crippen LogP contribution in [0, 0.1) is 6.92 Å². The van der Waals surface area contributed by atoms with Crippen LogP contribution in [0.25, 0.3) is 10.6 Å². The average Bonchev–Trinajstić information content (AvgIpc) is 3.14. The number of ketones is 1. The summed E-state index contributed by atoms with van der Waals surface area (Å²) in [5.41, 5.74) is 1.65. The smallest absolute Gasteiger partial charge is 0.186 e. The molecule has 0 N–H and O–H groups in total. The van der Waals surface area contributed by atoms with Gasteiger partial charge in [0, 0.05) is 28.9 Å². The van der Waals surface area contributed by atoms with Crippen LogP contribution in [-0.2, 0) is 4.74 Å². The fourth-order valence-electron chi connectivity index (χ4n) is 2.23. The Balaban J connectivity index is 1.84. The van der Waals surface area contributed by atoms with E-state index in [1.807, 2.05) is 18.4 Å². The maximum atomic E-state index is 11.8. The monoisotopic (exact) mass is 342 g/mol. The molecule has 112 valence electrons. The van der Waals surface area contributed by atoms with E-state index in [1.165, 1.54) is 0 Å². The van der Waals surface area contributed by atoms with E-state index in [9.17, 15) is 4.79 Å². The SMILES string of the molecule is Cc1sc(-c2csc(N3CCOCC3)n2)cc1C(=O)CCl. The summed E-state index contributed by atoms with van der Waals surface area (Å²) in [6, 6.07) is 1.91. The maximum absolute atomic E-state index is 11.8. The Kier molecular flexibility index (Phi) is 4.59. The molecular weight excluding hydrogens is 328 g/mol. The lowest BCUT2D eigenvalue weighted by molar-refractivity contribution is 0.102. The number of morpholine rings is 1. The zero-order chi connectivity index (χ0) is 14.8. The Morgan fingerprint density at radius 3 is 2.95 bits per heavy atom. The minimum atomic E-state index is -0.0275. The fourth-order valence-corrected chi connectivity index (χ4v) is 4.33. The third-order valence-electron chi connectivity index (χ3n) is 3.37. The molecule has 1 saturated heterocycles. The standard InChI is InChI=1S/C14H15ClN2O2S2/c1-9-10(12(18)7-15)6-13(21-9)11-8-20-14(16-11)17-2-4-19-5-3-17/h6,8H,2-5,7H2,1H3. The van der Waals surface area contributed by atoms with Gasteiger partial charge >= 0.3 is 0 Å². The van der Waals surface area contributed by atoms with Gasteiger partial charge in [0.2, 0.25) is 0 Å². The van der Waals surface area contributed by atoms with Gasteiger partial charge in [0.25, 0.3) is 0 Å². The minimum absolute atomic E-state index is 0.0209. The first kappa shape index (κ1) is 15.0. The number of carbonyl (C=O) groups excluding carboxylic acids is 1. The summed E-state index contributed by atoms with van der Waals surface area (Å²) >= 11 is 8.87. The normalized spacial score (nSPS) is 15.4. The number of thiazole rings is 1. The Bertz CT molecular complexity index is 647. The number of hydrogen-bond donors (Lipinski definition) is 0. The molecule has 0 aliphatic carbocycles. The number of Topliss-reactive ketones (excluding diaryl/α,β-unsaturated/α-hetero) is 1. The molecule has 0 amide bonds. The summed E-state index contributed by atoms with van der Waals surface area (Å²) in [6.07, 6.45) is 0. The molecule has 0 saturated carbocycles. The van der Waals surface area contributed by atoms with E-state index in [-0.39, 0.29) is 11.7 Å². The Hall–Kier alpha value is -0.950. The fraction of sp³-hybridized carbons (Fsp3) is 0.429. The molecule has 0 spiro atoms. The van der Waals surface area contributed by atoms with Crippen molar-refractivity contribution in [1.29, 1.82) is 0 Å². The van der Waals surface area contributed by atoms with Gasteiger partial charge in [-0.3, -0.25) is 4.79 Å². The summed E-state index contributed by atoms with van der Waals surface area (Å²) in [4.78, 5) is 20.7. The highest BCUT2D eigenvalue weighted by molar-refractivity contribution is 7.17. The van der Waals surface area contributed by atoms with Crippen LogP contribution in [-0.4, -0.2) is 43.0 Å². The number of halogens is 1. The van der Waals surface area contributed by atoms with Gasteiger partial charge in [0.15, 0.2) is 10.9 Å². The molecule has 0 unspecified atom stereocenters. The molecule has 2 aromatic heterocycles. The van der Waals surface area contributed by atoms with Crippen molar-refractivity contribution >= 4 is 45.2 Å². The second kappa shape index (κ2) is 6.44. The van der Waals surface area contributed by atoms with E-state index in [4.69, 9.17) is 21.3 Å². The van der Waals surface area contributed by atoms with Crippen molar-refractivity contribution in [3.05, 3.63) is 21.9 Å². The average molecular weight is 343 g/mol. The van der Waals surface area contributed by atoms with Gasteiger partial charge in [-0.15, -0.1) is 34.3 Å². The Morgan fingerprint density at radius 2 is 2.24 bits per heavy atom. The van der Waals surface area contributed by atoms with Crippen LogP contribution in [0.1, 0.15) is 15.2 Å². The van der Waals surface area contributed by atoms with E-state index in [0.717, 1.165) is 46.9 Å². The summed E-state index contributed by atoms with van der Waals surface area (Å²) in [5, 5.41) is 3.06. The molecule has 4 nitrogen and oxygen atoms in total. The van der Waals surface area contributed by atoms with E-state index in [2.05, 4.69) is 4.90 Å². The zero-order valence-electron chi connectivity index (χ0n) is 11.6.